The third-order valence-electron chi connectivity index (χ3n) is 3.07. The molecule has 0 aliphatic carbocycles. The molecule has 0 unspecified atom stereocenters. The van der Waals surface area contributed by atoms with Crippen molar-refractivity contribution in [2.75, 3.05) is 20.7 Å². The predicted octanol–water partition coefficient (Wildman–Crippen LogP) is 0.548. The smallest absolute Gasteiger partial charge is 0.347 e. The molecule has 0 aromatic heterocycles. The number of carbonyl (C=O) groups excluding carboxylic acids is 2. The van der Waals surface area contributed by atoms with E-state index >= 15 is 0 Å². The maximum Gasteiger partial charge on any atom is 0.347 e. The number of halogens is 1. The van der Waals surface area contributed by atoms with Crippen molar-refractivity contribution < 1.29 is 31.9 Å². The molecule has 1 aromatic rings. The van der Waals surface area contributed by atoms with Gasteiger partial charge in [-0.05, 0) is 18.2 Å². The molecule has 0 amide bonds. The van der Waals surface area contributed by atoms with Gasteiger partial charge in [0.1, 0.15) is 5.82 Å². The maximum atomic E-state index is 13.8. The number of nitrogens with zero attached hydrogens (tertiary/aromatic N) is 1. The zero-order chi connectivity index (χ0) is 16.5. The molecule has 22 heavy (non-hydrogen) atoms. The van der Waals surface area contributed by atoms with Crippen LogP contribution in [0.15, 0.2) is 23.1 Å². The highest BCUT2D eigenvalue weighted by Crippen LogP contribution is 2.20. The van der Waals surface area contributed by atoms with E-state index in [-0.39, 0.29) is 17.9 Å². The first-order valence-corrected chi connectivity index (χ1v) is 7.77. The van der Waals surface area contributed by atoms with E-state index in [1.165, 1.54) is 14.1 Å². The van der Waals surface area contributed by atoms with Crippen LogP contribution < -0.4 is 0 Å². The SMILES string of the molecule is CN(C)S(=O)(=O)c1ccc(F)c(C(=O)O[C@H]2CCOC2=O)c1. The minimum absolute atomic E-state index is 0.119. The molecule has 1 fully saturated rings. The molecule has 7 nitrogen and oxygen atoms in total. The molecular weight excluding hydrogens is 317 g/mol. The van der Waals surface area contributed by atoms with Crippen molar-refractivity contribution in [2.45, 2.75) is 17.4 Å². The second kappa shape index (κ2) is 6.01. The molecule has 1 heterocycles. The minimum Gasteiger partial charge on any atom is -0.463 e. The molecule has 120 valence electrons. The third-order valence-corrected chi connectivity index (χ3v) is 4.88. The Bertz CT molecular complexity index is 715. The van der Waals surface area contributed by atoms with Gasteiger partial charge >= 0.3 is 11.9 Å². The van der Waals surface area contributed by atoms with Crippen LogP contribution in [-0.2, 0) is 24.3 Å². The normalized spacial score (nSPS) is 18.4. The summed E-state index contributed by atoms with van der Waals surface area (Å²) in [5.74, 6) is -2.75. The van der Waals surface area contributed by atoms with Crippen LogP contribution in [0.4, 0.5) is 4.39 Å². The quantitative estimate of drug-likeness (QED) is 0.749. The van der Waals surface area contributed by atoms with Gasteiger partial charge in [-0.15, -0.1) is 0 Å². The zero-order valence-corrected chi connectivity index (χ0v) is 12.7. The average molecular weight is 331 g/mol. The molecule has 2 rings (SSSR count). The van der Waals surface area contributed by atoms with Crippen LogP contribution in [-0.4, -0.2) is 51.5 Å². The van der Waals surface area contributed by atoms with Gasteiger partial charge in [0, 0.05) is 20.5 Å². The van der Waals surface area contributed by atoms with Gasteiger partial charge in [-0.3, -0.25) is 0 Å². The lowest BCUT2D eigenvalue weighted by molar-refractivity contribution is -0.145. The van der Waals surface area contributed by atoms with E-state index in [1.54, 1.807) is 0 Å². The highest BCUT2D eigenvalue weighted by Gasteiger charge is 2.32. The van der Waals surface area contributed by atoms with Crippen LogP contribution in [0.3, 0.4) is 0 Å². The summed E-state index contributed by atoms with van der Waals surface area (Å²) >= 11 is 0. The first-order chi connectivity index (χ1) is 10.2. The van der Waals surface area contributed by atoms with E-state index < -0.39 is 39.4 Å². The van der Waals surface area contributed by atoms with E-state index in [4.69, 9.17) is 4.74 Å². The molecule has 1 saturated heterocycles. The standard InChI is InChI=1S/C13H14FNO6S/c1-15(2)22(18,19)8-3-4-10(14)9(7-8)12(16)21-11-5-6-20-13(11)17/h3-4,7,11H,5-6H2,1-2H3/t11-/m0/s1. The summed E-state index contributed by atoms with van der Waals surface area (Å²) < 4.78 is 48.2. The summed E-state index contributed by atoms with van der Waals surface area (Å²) in [6, 6.07) is 2.79. The Morgan fingerprint density at radius 3 is 2.64 bits per heavy atom. The maximum absolute atomic E-state index is 13.8. The Hall–Kier alpha value is -2.00. The van der Waals surface area contributed by atoms with E-state index in [2.05, 4.69) is 4.74 Å². The fourth-order valence-electron chi connectivity index (χ4n) is 1.81. The summed E-state index contributed by atoms with van der Waals surface area (Å²) in [5, 5.41) is 0. The van der Waals surface area contributed by atoms with Crippen molar-refractivity contribution in [1.29, 1.82) is 0 Å². The van der Waals surface area contributed by atoms with Gasteiger partial charge in [0.15, 0.2) is 0 Å². The molecule has 1 atom stereocenters. The average Bonchev–Trinajstić information content (AvgIpc) is 2.84. The first kappa shape index (κ1) is 16.4. The lowest BCUT2D eigenvalue weighted by atomic mass is 10.2. The largest absolute Gasteiger partial charge is 0.463 e. The molecule has 1 aliphatic rings. The van der Waals surface area contributed by atoms with Crippen LogP contribution in [0.1, 0.15) is 16.8 Å². The van der Waals surface area contributed by atoms with E-state index in [0.717, 1.165) is 22.5 Å². The molecular formula is C13H14FNO6S. The molecule has 0 N–H and O–H groups in total. The highest BCUT2D eigenvalue weighted by molar-refractivity contribution is 7.89. The topological polar surface area (TPSA) is 90.0 Å². The Morgan fingerprint density at radius 2 is 2.09 bits per heavy atom. The van der Waals surface area contributed by atoms with Crippen molar-refractivity contribution in [2.24, 2.45) is 0 Å². The fraction of sp³-hybridized carbons (Fsp3) is 0.385. The molecule has 0 bridgehead atoms. The number of sulfonamides is 1. The van der Waals surface area contributed by atoms with E-state index in [1.807, 2.05) is 0 Å². The van der Waals surface area contributed by atoms with E-state index in [0.29, 0.717) is 0 Å². The van der Waals surface area contributed by atoms with Crippen LogP contribution in [0, 0.1) is 5.82 Å². The van der Waals surface area contributed by atoms with Crippen molar-refractivity contribution in [3.05, 3.63) is 29.6 Å². The van der Waals surface area contributed by atoms with Crippen molar-refractivity contribution in [3.8, 4) is 0 Å². The number of carbonyl (C=O) groups is 2. The molecule has 1 aromatic carbocycles. The number of ether oxygens (including phenoxy) is 2. The van der Waals surface area contributed by atoms with Crippen LogP contribution in [0.2, 0.25) is 0 Å². The highest BCUT2D eigenvalue weighted by atomic mass is 32.2. The van der Waals surface area contributed by atoms with Crippen molar-refractivity contribution >= 4 is 22.0 Å². The Morgan fingerprint density at radius 1 is 1.41 bits per heavy atom. The lowest BCUT2D eigenvalue weighted by Gasteiger charge is -2.13. The van der Waals surface area contributed by atoms with Gasteiger partial charge in [0.2, 0.25) is 16.1 Å². The molecule has 1 aliphatic heterocycles. The van der Waals surface area contributed by atoms with Gasteiger partial charge in [-0.1, -0.05) is 0 Å². The van der Waals surface area contributed by atoms with Crippen molar-refractivity contribution in [3.63, 3.8) is 0 Å². The van der Waals surface area contributed by atoms with Gasteiger partial charge in [-0.2, -0.15) is 0 Å². The summed E-state index contributed by atoms with van der Waals surface area (Å²) in [6.07, 6.45) is -0.914. The molecule has 9 heteroatoms. The Balaban J connectivity index is 2.31. The number of rotatable bonds is 4. The van der Waals surface area contributed by atoms with Gasteiger partial charge in [0.25, 0.3) is 0 Å². The summed E-state index contributed by atoms with van der Waals surface area (Å²) in [5.41, 5.74) is -0.553. The minimum atomic E-state index is -3.82. The number of hydrogen-bond donors (Lipinski definition) is 0. The molecule has 0 radical (unpaired) electrons. The lowest BCUT2D eigenvalue weighted by Crippen LogP contribution is -2.25. The summed E-state index contributed by atoms with van der Waals surface area (Å²) in [4.78, 5) is 22.9. The third kappa shape index (κ3) is 3.09. The van der Waals surface area contributed by atoms with Crippen LogP contribution >= 0.6 is 0 Å². The predicted molar refractivity (Wildman–Crippen MR) is 72.1 cm³/mol. The second-order valence-electron chi connectivity index (χ2n) is 4.78. The molecule has 0 saturated carbocycles. The summed E-state index contributed by atoms with van der Waals surface area (Å²) in [7, 11) is -1.20. The van der Waals surface area contributed by atoms with Gasteiger partial charge in [0.05, 0.1) is 17.1 Å². The second-order valence-corrected chi connectivity index (χ2v) is 6.93. The fourth-order valence-corrected chi connectivity index (χ4v) is 2.74. The summed E-state index contributed by atoms with van der Waals surface area (Å²) in [6.45, 7) is 0.119. The monoisotopic (exact) mass is 331 g/mol. The zero-order valence-electron chi connectivity index (χ0n) is 11.9. The molecule has 0 spiro atoms. The number of cyclic esters (lactones) is 1. The number of benzene rings is 1. The van der Waals surface area contributed by atoms with Crippen LogP contribution in [0.5, 0.6) is 0 Å². The Labute approximate surface area is 126 Å². The first-order valence-electron chi connectivity index (χ1n) is 6.33. The van der Waals surface area contributed by atoms with Crippen molar-refractivity contribution in [1.82, 2.24) is 4.31 Å². The number of hydrogen-bond acceptors (Lipinski definition) is 6. The van der Waals surface area contributed by atoms with E-state index in [9.17, 15) is 22.4 Å². The van der Waals surface area contributed by atoms with Gasteiger partial charge in [-0.25, -0.2) is 26.7 Å². The Kier molecular flexibility index (Phi) is 4.47. The van der Waals surface area contributed by atoms with Gasteiger partial charge < -0.3 is 9.47 Å². The van der Waals surface area contributed by atoms with Crippen LogP contribution in [0.25, 0.3) is 0 Å². The number of esters is 2.